The first-order chi connectivity index (χ1) is 9.43. The largest absolute Gasteiger partial charge is 0.324 e. The molecule has 2 rings (SSSR count). The van der Waals surface area contributed by atoms with E-state index < -0.39 is 0 Å². The van der Waals surface area contributed by atoms with Crippen LogP contribution in [0.1, 0.15) is 29.9 Å². The first-order valence-corrected chi connectivity index (χ1v) is 7.95. The van der Waals surface area contributed by atoms with E-state index in [-0.39, 0.29) is 11.9 Å². The van der Waals surface area contributed by atoms with Crippen LogP contribution >= 0.6 is 31.9 Å². The van der Waals surface area contributed by atoms with Crippen molar-refractivity contribution in [1.29, 1.82) is 0 Å². The number of nitrogens with zero attached hydrogens (tertiary/aromatic N) is 2. The lowest BCUT2D eigenvalue weighted by Gasteiger charge is -2.15. The summed E-state index contributed by atoms with van der Waals surface area (Å²) in [5, 5.41) is 4.45. The molecule has 20 heavy (non-hydrogen) atoms. The van der Waals surface area contributed by atoms with Crippen molar-refractivity contribution in [2.75, 3.05) is 0 Å². The van der Waals surface area contributed by atoms with Crippen LogP contribution in [-0.4, -0.2) is 9.78 Å². The molecule has 1 aromatic heterocycles. The summed E-state index contributed by atoms with van der Waals surface area (Å²) in [5.41, 5.74) is 9.17. The Hall–Kier alpha value is -0.720. The van der Waals surface area contributed by atoms with Crippen LogP contribution in [0.3, 0.4) is 0 Å². The van der Waals surface area contributed by atoms with Gasteiger partial charge in [0.05, 0.1) is 15.9 Å². The zero-order valence-electron chi connectivity index (χ0n) is 11.3. The normalized spacial score (nSPS) is 12.7. The van der Waals surface area contributed by atoms with Gasteiger partial charge < -0.3 is 5.73 Å². The highest BCUT2D eigenvalue weighted by atomic mass is 79.9. The SMILES string of the molecule is CCn1nc(C)c(Br)c1CC(N)c1ccc(F)cc1Br. The maximum atomic E-state index is 13.1. The number of hydrogen-bond acceptors (Lipinski definition) is 2. The van der Waals surface area contributed by atoms with Gasteiger partial charge in [-0.25, -0.2) is 4.39 Å². The van der Waals surface area contributed by atoms with Gasteiger partial charge in [-0.15, -0.1) is 0 Å². The molecule has 0 bridgehead atoms. The van der Waals surface area contributed by atoms with Crippen LogP contribution in [0.2, 0.25) is 0 Å². The Morgan fingerprint density at radius 1 is 1.40 bits per heavy atom. The Kier molecular flexibility index (Phi) is 4.99. The van der Waals surface area contributed by atoms with Gasteiger partial charge in [0, 0.05) is 23.5 Å². The molecule has 0 spiro atoms. The summed E-state index contributed by atoms with van der Waals surface area (Å²) in [7, 11) is 0. The minimum atomic E-state index is -0.275. The number of aromatic nitrogens is 2. The second kappa shape index (κ2) is 6.37. The quantitative estimate of drug-likeness (QED) is 0.832. The van der Waals surface area contributed by atoms with Crippen LogP contribution in [0.4, 0.5) is 4.39 Å². The van der Waals surface area contributed by atoms with Crippen LogP contribution in [0, 0.1) is 12.7 Å². The Bertz CT molecular complexity index is 625. The third-order valence-corrected chi connectivity index (χ3v) is 4.95. The molecule has 0 saturated carbocycles. The Labute approximate surface area is 134 Å². The molecule has 0 amide bonds. The highest BCUT2D eigenvalue weighted by molar-refractivity contribution is 9.10. The fourth-order valence-electron chi connectivity index (χ4n) is 2.18. The number of rotatable bonds is 4. The van der Waals surface area contributed by atoms with Gasteiger partial charge in [0.1, 0.15) is 5.82 Å². The smallest absolute Gasteiger partial charge is 0.124 e. The third-order valence-electron chi connectivity index (χ3n) is 3.23. The van der Waals surface area contributed by atoms with Gasteiger partial charge in [0.25, 0.3) is 0 Å². The second-order valence-electron chi connectivity index (χ2n) is 4.64. The molecule has 1 unspecified atom stereocenters. The van der Waals surface area contributed by atoms with Crippen molar-refractivity contribution in [3.8, 4) is 0 Å². The Morgan fingerprint density at radius 3 is 2.70 bits per heavy atom. The maximum Gasteiger partial charge on any atom is 0.124 e. The van der Waals surface area contributed by atoms with E-state index in [4.69, 9.17) is 5.73 Å². The van der Waals surface area contributed by atoms with E-state index in [1.807, 2.05) is 18.5 Å². The summed E-state index contributed by atoms with van der Waals surface area (Å²) in [6, 6.07) is 4.37. The molecule has 2 aromatic rings. The Balaban J connectivity index is 2.30. The average molecular weight is 405 g/mol. The highest BCUT2D eigenvalue weighted by Crippen LogP contribution is 2.29. The summed E-state index contributed by atoms with van der Waals surface area (Å²) < 4.78 is 16.8. The number of aryl methyl sites for hydroxylation is 2. The molecule has 0 fully saturated rings. The van der Waals surface area contributed by atoms with Gasteiger partial charge in [0.2, 0.25) is 0 Å². The minimum Gasteiger partial charge on any atom is -0.324 e. The molecule has 0 aliphatic carbocycles. The summed E-state index contributed by atoms with van der Waals surface area (Å²) in [4.78, 5) is 0. The first kappa shape index (κ1) is 15.7. The van der Waals surface area contributed by atoms with Crippen molar-refractivity contribution in [1.82, 2.24) is 9.78 Å². The monoisotopic (exact) mass is 403 g/mol. The number of benzene rings is 1. The summed E-state index contributed by atoms with van der Waals surface area (Å²) in [6.45, 7) is 4.79. The van der Waals surface area contributed by atoms with Crippen LogP contribution in [0.25, 0.3) is 0 Å². The maximum absolute atomic E-state index is 13.1. The predicted molar refractivity (Wildman–Crippen MR) is 85.1 cm³/mol. The summed E-state index contributed by atoms with van der Waals surface area (Å²) >= 11 is 6.93. The van der Waals surface area contributed by atoms with Crippen LogP contribution < -0.4 is 5.73 Å². The topological polar surface area (TPSA) is 43.8 Å². The molecule has 0 saturated heterocycles. The number of nitrogens with two attached hydrogens (primary N) is 1. The molecule has 0 radical (unpaired) electrons. The molecular weight excluding hydrogens is 389 g/mol. The van der Waals surface area contributed by atoms with Crippen LogP contribution in [0.5, 0.6) is 0 Å². The van der Waals surface area contributed by atoms with Gasteiger partial charge >= 0.3 is 0 Å². The molecule has 1 aromatic carbocycles. The third kappa shape index (κ3) is 3.13. The molecule has 3 nitrogen and oxygen atoms in total. The first-order valence-electron chi connectivity index (χ1n) is 6.36. The van der Waals surface area contributed by atoms with Crippen molar-refractivity contribution < 1.29 is 4.39 Å². The van der Waals surface area contributed by atoms with E-state index in [1.54, 1.807) is 6.07 Å². The molecule has 108 valence electrons. The fourth-order valence-corrected chi connectivity index (χ4v) is 3.28. The molecule has 0 aliphatic heterocycles. The van der Waals surface area contributed by atoms with E-state index in [0.29, 0.717) is 10.9 Å². The molecule has 6 heteroatoms. The van der Waals surface area contributed by atoms with Gasteiger partial charge in [-0.3, -0.25) is 4.68 Å². The Morgan fingerprint density at radius 2 is 2.10 bits per heavy atom. The van der Waals surface area contributed by atoms with E-state index in [2.05, 4.69) is 37.0 Å². The molecule has 1 heterocycles. The lowest BCUT2D eigenvalue weighted by atomic mass is 10.0. The molecular formula is C14H16Br2FN3. The van der Waals surface area contributed by atoms with Crippen molar-refractivity contribution in [2.24, 2.45) is 5.73 Å². The van der Waals surface area contributed by atoms with Crippen molar-refractivity contribution >= 4 is 31.9 Å². The van der Waals surface area contributed by atoms with E-state index in [1.165, 1.54) is 12.1 Å². The van der Waals surface area contributed by atoms with Crippen LogP contribution in [-0.2, 0) is 13.0 Å². The number of hydrogen-bond donors (Lipinski definition) is 1. The predicted octanol–water partition coefficient (Wildman–Crippen LogP) is 4.12. The van der Waals surface area contributed by atoms with Gasteiger partial charge in [-0.05, 0) is 47.5 Å². The van der Waals surface area contributed by atoms with Gasteiger partial charge in [0.15, 0.2) is 0 Å². The summed E-state index contributed by atoms with van der Waals surface area (Å²) in [6.07, 6.45) is 0.638. The van der Waals surface area contributed by atoms with Gasteiger partial charge in [-0.1, -0.05) is 22.0 Å². The standard InChI is InChI=1S/C14H16Br2FN3/c1-3-20-13(14(16)8(2)19-20)7-12(18)10-5-4-9(17)6-11(10)15/h4-6,12H,3,7,18H2,1-2H3. The molecule has 0 aliphatic rings. The summed E-state index contributed by atoms with van der Waals surface area (Å²) in [5.74, 6) is -0.275. The zero-order valence-corrected chi connectivity index (χ0v) is 14.5. The molecule has 2 N–H and O–H groups in total. The van der Waals surface area contributed by atoms with Crippen molar-refractivity contribution in [3.05, 3.63) is 49.9 Å². The zero-order chi connectivity index (χ0) is 14.9. The fraction of sp³-hybridized carbons (Fsp3) is 0.357. The second-order valence-corrected chi connectivity index (χ2v) is 6.29. The lowest BCUT2D eigenvalue weighted by Crippen LogP contribution is -2.17. The van der Waals surface area contributed by atoms with E-state index >= 15 is 0 Å². The lowest BCUT2D eigenvalue weighted by molar-refractivity contribution is 0.583. The van der Waals surface area contributed by atoms with E-state index in [0.717, 1.165) is 28.0 Å². The van der Waals surface area contributed by atoms with Gasteiger partial charge in [-0.2, -0.15) is 5.10 Å². The van der Waals surface area contributed by atoms with E-state index in [9.17, 15) is 4.39 Å². The van der Waals surface area contributed by atoms with Crippen LogP contribution in [0.15, 0.2) is 27.1 Å². The highest BCUT2D eigenvalue weighted by Gasteiger charge is 2.18. The average Bonchev–Trinajstić information content (AvgIpc) is 2.66. The van der Waals surface area contributed by atoms with Crippen molar-refractivity contribution in [3.63, 3.8) is 0 Å². The van der Waals surface area contributed by atoms with Crippen molar-refractivity contribution in [2.45, 2.75) is 32.9 Å². The molecule has 1 atom stereocenters. The minimum absolute atomic E-state index is 0.220. The number of halogens is 3.